The van der Waals surface area contributed by atoms with Gasteiger partial charge in [0.2, 0.25) is 10.0 Å². The molecule has 0 bridgehead atoms. The maximum atomic E-state index is 12.8. The second kappa shape index (κ2) is 8.67. The smallest absolute Gasteiger partial charge is 0.244 e. The molecular weight excluding hydrogens is 366 g/mol. The zero-order valence-electron chi connectivity index (χ0n) is 14.5. The lowest BCUT2D eigenvalue weighted by atomic mass is 10.1. The number of sulfonamides is 1. The molecule has 1 aliphatic heterocycles. The van der Waals surface area contributed by atoms with Gasteiger partial charge >= 0.3 is 0 Å². The summed E-state index contributed by atoms with van der Waals surface area (Å²) >= 11 is 1.49. The Labute approximate surface area is 159 Å². The number of pyridine rings is 1. The van der Waals surface area contributed by atoms with Crippen molar-refractivity contribution in [3.8, 4) is 6.07 Å². The van der Waals surface area contributed by atoms with E-state index in [2.05, 4.69) is 11.1 Å². The lowest BCUT2D eigenvalue weighted by Crippen LogP contribution is -2.32. The van der Waals surface area contributed by atoms with Crippen molar-refractivity contribution in [2.45, 2.75) is 41.4 Å². The molecule has 0 atom stereocenters. The van der Waals surface area contributed by atoms with Crippen molar-refractivity contribution in [1.29, 1.82) is 5.26 Å². The van der Waals surface area contributed by atoms with E-state index < -0.39 is 10.0 Å². The lowest BCUT2D eigenvalue weighted by molar-refractivity contribution is 0.423. The van der Waals surface area contributed by atoms with Gasteiger partial charge in [-0.15, -0.1) is 11.8 Å². The second-order valence-corrected chi connectivity index (χ2v) is 9.14. The first-order valence-electron chi connectivity index (χ1n) is 8.68. The molecule has 26 heavy (non-hydrogen) atoms. The fourth-order valence-electron chi connectivity index (χ4n) is 2.94. The Kier molecular flexibility index (Phi) is 6.30. The Bertz CT molecular complexity index is 882. The number of hydrogen-bond acceptors (Lipinski definition) is 5. The number of nitrogens with zero attached hydrogens (tertiary/aromatic N) is 3. The molecule has 136 valence electrons. The first-order chi connectivity index (χ1) is 12.6. The van der Waals surface area contributed by atoms with Crippen LogP contribution in [0.3, 0.4) is 0 Å². The zero-order chi connectivity index (χ0) is 18.4. The van der Waals surface area contributed by atoms with Gasteiger partial charge in [-0.05, 0) is 36.6 Å². The maximum Gasteiger partial charge on any atom is 0.244 e. The molecule has 0 unspecified atom stereocenters. The third-order valence-corrected chi connectivity index (χ3v) is 7.30. The molecule has 7 heteroatoms. The Morgan fingerprint density at radius 2 is 1.81 bits per heavy atom. The summed E-state index contributed by atoms with van der Waals surface area (Å²) < 4.78 is 27.1. The van der Waals surface area contributed by atoms with E-state index in [9.17, 15) is 8.42 Å². The average Bonchev–Trinajstić information content (AvgIpc) is 2.97. The van der Waals surface area contributed by atoms with Gasteiger partial charge in [0.05, 0.1) is 16.7 Å². The summed E-state index contributed by atoms with van der Waals surface area (Å²) in [6, 6.07) is 13.0. The first kappa shape index (κ1) is 18.9. The summed E-state index contributed by atoms with van der Waals surface area (Å²) in [6.07, 6.45) is 5.45. The van der Waals surface area contributed by atoms with Crippen LogP contribution in [0.5, 0.6) is 0 Å². The van der Waals surface area contributed by atoms with Crippen molar-refractivity contribution in [2.24, 2.45) is 0 Å². The summed E-state index contributed by atoms with van der Waals surface area (Å²) in [5.41, 5.74) is 1.60. The Morgan fingerprint density at radius 1 is 1.08 bits per heavy atom. The van der Waals surface area contributed by atoms with Crippen LogP contribution in [0, 0.1) is 11.3 Å². The monoisotopic (exact) mass is 387 g/mol. The fraction of sp³-hybridized carbons (Fsp3) is 0.368. The van der Waals surface area contributed by atoms with Gasteiger partial charge < -0.3 is 0 Å². The van der Waals surface area contributed by atoms with Crippen molar-refractivity contribution in [1.82, 2.24) is 9.29 Å². The standard InChI is InChI=1S/C19H21N3O2S2/c20-13-16-7-3-4-8-17(16)15-25-19-10-9-18(14-21-19)26(23,24)22-11-5-1-2-6-12-22/h3-4,7-10,14H,1-2,5-6,11-12,15H2. The van der Waals surface area contributed by atoms with Gasteiger partial charge in [-0.25, -0.2) is 13.4 Å². The van der Waals surface area contributed by atoms with Gasteiger partial charge in [0.1, 0.15) is 4.90 Å². The van der Waals surface area contributed by atoms with Crippen LogP contribution in [0.2, 0.25) is 0 Å². The van der Waals surface area contributed by atoms with Crippen LogP contribution in [-0.4, -0.2) is 30.8 Å². The van der Waals surface area contributed by atoms with E-state index in [1.165, 1.54) is 18.0 Å². The largest absolute Gasteiger partial charge is 0.249 e. The average molecular weight is 388 g/mol. The van der Waals surface area contributed by atoms with Gasteiger partial charge in [-0.2, -0.15) is 9.57 Å². The highest BCUT2D eigenvalue weighted by Crippen LogP contribution is 2.25. The SMILES string of the molecule is N#Cc1ccccc1CSc1ccc(S(=O)(=O)N2CCCCCC2)cn1. The Hall–Kier alpha value is -1.88. The Balaban J connectivity index is 1.69. The normalized spacial score (nSPS) is 16.0. The summed E-state index contributed by atoms with van der Waals surface area (Å²) in [4.78, 5) is 4.56. The summed E-state index contributed by atoms with van der Waals surface area (Å²) in [7, 11) is -3.46. The topological polar surface area (TPSA) is 74.1 Å². The molecule has 1 saturated heterocycles. The zero-order valence-corrected chi connectivity index (χ0v) is 16.1. The molecule has 0 N–H and O–H groups in total. The molecule has 0 amide bonds. The number of rotatable bonds is 5. The third kappa shape index (κ3) is 4.44. The summed E-state index contributed by atoms with van der Waals surface area (Å²) in [5, 5.41) is 9.88. The molecule has 0 saturated carbocycles. The highest BCUT2D eigenvalue weighted by Gasteiger charge is 2.25. The van der Waals surface area contributed by atoms with Crippen LogP contribution in [0.1, 0.15) is 36.8 Å². The Morgan fingerprint density at radius 3 is 2.46 bits per heavy atom. The number of nitriles is 1. The van der Waals surface area contributed by atoms with Gasteiger partial charge in [-0.3, -0.25) is 0 Å². The second-order valence-electron chi connectivity index (χ2n) is 6.21. The molecule has 1 aromatic heterocycles. The van der Waals surface area contributed by atoms with Crippen molar-refractivity contribution in [2.75, 3.05) is 13.1 Å². The van der Waals surface area contributed by atoms with E-state index in [0.717, 1.165) is 36.3 Å². The van der Waals surface area contributed by atoms with Crippen LogP contribution in [0.4, 0.5) is 0 Å². The van der Waals surface area contributed by atoms with Crippen molar-refractivity contribution >= 4 is 21.8 Å². The van der Waals surface area contributed by atoms with Crippen molar-refractivity contribution in [3.63, 3.8) is 0 Å². The molecule has 2 heterocycles. The van der Waals surface area contributed by atoms with Crippen LogP contribution >= 0.6 is 11.8 Å². The first-order valence-corrected chi connectivity index (χ1v) is 11.1. The fourth-order valence-corrected chi connectivity index (χ4v) is 5.25. The summed E-state index contributed by atoms with van der Waals surface area (Å²) in [6.45, 7) is 1.17. The third-order valence-electron chi connectivity index (χ3n) is 4.43. The van der Waals surface area contributed by atoms with Crippen molar-refractivity contribution in [3.05, 3.63) is 53.7 Å². The summed E-state index contributed by atoms with van der Waals surface area (Å²) in [5.74, 6) is 0.620. The molecule has 5 nitrogen and oxygen atoms in total. The van der Waals surface area contributed by atoms with E-state index >= 15 is 0 Å². The number of aromatic nitrogens is 1. The predicted octanol–water partition coefficient (Wildman–Crippen LogP) is 3.81. The van der Waals surface area contributed by atoms with Crippen LogP contribution in [-0.2, 0) is 15.8 Å². The molecular formula is C19H21N3O2S2. The molecule has 1 fully saturated rings. The molecule has 0 aliphatic carbocycles. The van der Waals surface area contributed by atoms with Gasteiger partial charge in [0.25, 0.3) is 0 Å². The van der Waals surface area contributed by atoms with E-state index in [-0.39, 0.29) is 4.90 Å². The van der Waals surface area contributed by atoms with Gasteiger partial charge in [0.15, 0.2) is 0 Å². The molecule has 1 aliphatic rings. The van der Waals surface area contributed by atoms with Crippen LogP contribution in [0.15, 0.2) is 52.5 Å². The molecule has 1 aromatic carbocycles. The minimum atomic E-state index is -3.46. The molecule has 0 spiro atoms. The quantitative estimate of drug-likeness (QED) is 0.729. The number of hydrogen-bond donors (Lipinski definition) is 0. The molecule has 3 rings (SSSR count). The van der Waals surface area contributed by atoms with E-state index in [1.54, 1.807) is 22.5 Å². The lowest BCUT2D eigenvalue weighted by Gasteiger charge is -2.19. The minimum absolute atomic E-state index is 0.251. The maximum absolute atomic E-state index is 12.8. The van der Waals surface area contributed by atoms with Gasteiger partial charge in [-0.1, -0.05) is 31.0 Å². The highest BCUT2D eigenvalue weighted by atomic mass is 32.2. The number of benzene rings is 1. The van der Waals surface area contributed by atoms with Gasteiger partial charge in [0, 0.05) is 25.0 Å². The van der Waals surface area contributed by atoms with E-state index in [4.69, 9.17) is 5.26 Å². The van der Waals surface area contributed by atoms with Crippen LogP contribution in [0.25, 0.3) is 0 Å². The minimum Gasteiger partial charge on any atom is -0.249 e. The molecule has 2 aromatic rings. The number of thioether (sulfide) groups is 1. The highest BCUT2D eigenvalue weighted by molar-refractivity contribution is 7.98. The van der Waals surface area contributed by atoms with Crippen molar-refractivity contribution < 1.29 is 8.42 Å². The van der Waals surface area contributed by atoms with E-state index in [0.29, 0.717) is 24.4 Å². The van der Waals surface area contributed by atoms with Crippen LogP contribution < -0.4 is 0 Å². The van der Waals surface area contributed by atoms with E-state index in [1.807, 2.05) is 18.2 Å². The predicted molar refractivity (Wildman–Crippen MR) is 102 cm³/mol. The molecule has 0 radical (unpaired) electrons.